The lowest BCUT2D eigenvalue weighted by Gasteiger charge is -2.12. The molecule has 25 heavy (non-hydrogen) atoms. The Balaban J connectivity index is 2.16. The van der Waals surface area contributed by atoms with Gasteiger partial charge in [-0.2, -0.15) is 0 Å². The lowest BCUT2D eigenvalue weighted by atomic mass is 10.1. The molecule has 0 aliphatic carbocycles. The Hall–Kier alpha value is -2.63. The molecule has 134 valence electrons. The molecule has 0 unspecified atom stereocenters. The first-order chi connectivity index (χ1) is 11.9. The van der Waals surface area contributed by atoms with Crippen LogP contribution < -0.4 is 15.4 Å². The predicted molar refractivity (Wildman–Crippen MR) is 100 cm³/mol. The average molecular weight is 342 g/mol. The van der Waals surface area contributed by atoms with Crippen LogP contribution in [-0.2, 0) is 0 Å². The molecule has 6 nitrogen and oxygen atoms in total. The molecule has 0 aliphatic heterocycles. The van der Waals surface area contributed by atoms with E-state index in [1.807, 2.05) is 25.1 Å². The minimum absolute atomic E-state index is 0.290. The first-order valence-electron chi connectivity index (χ1n) is 8.44. The lowest BCUT2D eigenvalue weighted by molar-refractivity contribution is 0.102. The van der Waals surface area contributed by atoms with Crippen molar-refractivity contribution >= 4 is 17.4 Å². The minimum Gasteiger partial charge on any atom is -0.495 e. The maximum atomic E-state index is 12.6. The van der Waals surface area contributed by atoms with E-state index in [2.05, 4.69) is 34.4 Å². The summed E-state index contributed by atoms with van der Waals surface area (Å²) in [7, 11) is 1.58. The molecule has 0 fully saturated rings. The summed E-state index contributed by atoms with van der Waals surface area (Å²) in [5.41, 5.74) is 1.98. The first-order valence-corrected chi connectivity index (χ1v) is 8.44. The van der Waals surface area contributed by atoms with E-state index in [9.17, 15) is 4.79 Å². The van der Waals surface area contributed by atoms with Gasteiger partial charge >= 0.3 is 0 Å². The van der Waals surface area contributed by atoms with Crippen LogP contribution in [0.15, 0.2) is 24.3 Å². The van der Waals surface area contributed by atoms with Crippen LogP contribution in [0.4, 0.5) is 11.5 Å². The van der Waals surface area contributed by atoms with Crippen LogP contribution >= 0.6 is 0 Å². The van der Waals surface area contributed by atoms with Crippen LogP contribution in [-0.4, -0.2) is 29.5 Å². The monoisotopic (exact) mass is 342 g/mol. The second kappa shape index (κ2) is 8.46. The van der Waals surface area contributed by atoms with Crippen molar-refractivity contribution in [3.05, 3.63) is 41.3 Å². The molecule has 1 heterocycles. The molecule has 0 aliphatic rings. The predicted octanol–water partition coefficient (Wildman–Crippen LogP) is 3.81. The zero-order valence-electron chi connectivity index (χ0n) is 15.5. The lowest BCUT2D eigenvalue weighted by Crippen LogP contribution is -2.17. The summed E-state index contributed by atoms with van der Waals surface area (Å²) in [4.78, 5) is 21.2. The standard InChI is InChI=1S/C19H26N4O2/c1-12(2)8-9-20-18-11-16(21-14(4)22-18)19(24)23-15-10-13(3)6-7-17(15)25-5/h6-7,10-12H,8-9H2,1-5H3,(H,23,24)(H,20,21,22). The van der Waals surface area contributed by atoms with Crippen LogP contribution in [0.3, 0.4) is 0 Å². The van der Waals surface area contributed by atoms with E-state index in [1.165, 1.54) is 0 Å². The molecule has 2 rings (SSSR count). The number of aryl methyl sites for hydroxylation is 2. The highest BCUT2D eigenvalue weighted by atomic mass is 16.5. The molecule has 0 saturated heterocycles. The zero-order chi connectivity index (χ0) is 18.4. The normalized spacial score (nSPS) is 10.6. The van der Waals surface area contributed by atoms with Crippen LogP contribution in [0, 0.1) is 19.8 Å². The van der Waals surface area contributed by atoms with E-state index in [4.69, 9.17) is 4.74 Å². The van der Waals surface area contributed by atoms with Gasteiger partial charge in [-0.3, -0.25) is 4.79 Å². The SMILES string of the molecule is COc1ccc(C)cc1NC(=O)c1cc(NCCC(C)C)nc(C)n1. The number of hydrogen-bond acceptors (Lipinski definition) is 5. The summed E-state index contributed by atoms with van der Waals surface area (Å²) >= 11 is 0. The number of carbonyl (C=O) groups excluding carboxylic acids is 1. The largest absolute Gasteiger partial charge is 0.495 e. The topological polar surface area (TPSA) is 76.1 Å². The molecule has 0 radical (unpaired) electrons. The van der Waals surface area contributed by atoms with Gasteiger partial charge in [0.05, 0.1) is 12.8 Å². The number of nitrogens with zero attached hydrogens (tertiary/aromatic N) is 2. The summed E-state index contributed by atoms with van der Waals surface area (Å²) in [6.45, 7) is 8.88. The smallest absolute Gasteiger partial charge is 0.274 e. The maximum Gasteiger partial charge on any atom is 0.274 e. The van der Waals surface area contributed by atoms with Crippen molar-refractivity contribution in [2.45, 2.75) is 34.1 Å². The van der Waals surface area contributed by atoms with E-state index < -0.39 is 0 Å². The number of methoxy groups -OCH3 is 1. The highest BCUT2D eigenvalue weighted by Crippen LogP contribution is 2.25. The summed E-state index contributed by atoms with van der Waals surface area (Å²) in [6, 6.07) is 7.30. The van der Waals surface area contributed by atoms with Gasteiger partial charge in [-0.25, -0.2) is 9.97 Å². The second-order valence-corrected chi connectivity index (χ2v) is 6.45. The molecule has 1 aromatic carbocycles. The number of rotatable bonds is 7. The Morgan fingerprint density at radius 3 is 2.64 bits per heavy atom. The maximum absolute atomic E-state index is 12.6. The van der Waals surface area contributed by atoms with Crippen molar-refractivity contribution in [2.24, 2.45) is 5.92 Å². The first kappa shape index (κ1) is 18.7. The van der Waals surface area contributed by atoms with E-state index in [0.29, 0.717) is 34.7 Å². The summed E-state index contributed by atoms with van der Waals surface area (Å²) in [6.07, 6.45) is 1.03. The summed E-state index contributed by atoms with van der Waals surface area (Å²) in [5, 5.41) is 6.12. The van der Waals surface area contributed by atoms with Gasteiger partial charge in [0.25, 0.3) is 5.91 Å². The van der Waals surface area contributed by atoms with E-state index in [1.54, 1.807) is 20.1 Å². The fraction of sp³-hybridized carbons (Fsp3) is 0.421. The molecule has 0 saturated carbocycles. The molecule has 0 bridgehead atoms. The van der Waals surface area contributed by atoms with Crippen LogP contribution in [0.25, 0.3) is 0 Å². The molecule has 2 aromatic rings. The highest BCUT2D eigenvalue weighted by molar-refractivity contribution is 6.04. The molecular weight excluding hydrogens is 316 g/mol. The van der Waals surface area contributed by atoms with Crippen molar-refractivity contribution < 1.29 is 9.53 Å². The quantitative estimate of drug-likeness (QED) is 0.800. The van der Waals surface area contributed by atoms with Gasteiger partial charge in [0.1, 0.15) is 23.1 Å². The molecule has 1 aromatic heterocycles. The van der Waals surface area contributed by atoms with Gasteiger partial charge in [-0.05, 0) is 43.9 Å². The second-order valence-electron chi connectivity index (χ2n) is 6.45. The van der Waals surface area contributed by atoms with Gasteiger partial charge in [0.15, 0.2) is 0 Å². The number of aromatic nitrogens is 2. The number of hydrogen-bond donors (Lipinski definition) is 2. The van der Waals surface area contributed by atoms with Crippen LogP contribution in [0.1, 0.15) is 42.1 Å². The van der Waals surface area contributed by atoms with Crippen molar-refractivity contribution in [1.29, 1.82) is 0 Å². The third-order valence-corrected chi connectivity index (χ3v) is 3.70. The molecule has 2 N–H and O–H groups in total. The fourth-order valence-electron chi connectivity index (χ4n) is 2.37. The molecule has 0 spiro atoms. The van der Waals surface area contributed by atoms with Crippen molar-refractivity contribution in [3.8, 4) is 5.75 Å². The Bertz CT molecular complexity index is 744. The van der Waals surface area contributed by atoms with Crippen molar-refractivity contribution in [1.82, 2.24) is 9.97 Å². The van der Waals surface area contributed by atoms with E-state index in [0.717, 1.165) is 18.5 Å². The zero-order valence-corrected chi connectivity index (χ0v) is 15.5. The van der Waals surface area contributed by atoms with Crippen molar-refractivity contribution in [3.63, 3.8) is 0 Å². The molecule has 0 atom stereocenters. The molecule has 1 amide bonds. The van der Waals surface area contributed by atoms with Crippen LogP contribution in [0.2, 0.25) is 0 Å². The van der Waals surface area contributed by atoms with Crippen molar-refractivity contribution in [2.75, 3.05) is 24.3 Å². The number of carbonyl (C=O) groups is 1. The van der Waals surface area contributed by atoms with Gasteiger partial charge in [-0.1, -0.05) is 19.9 Å². The van der Waals surface area contributed by atoms with Gasteiger partial charge in [0, 0.05) is 12.6 Å². The summed E-state index contributed by atoms with van der Waals surface area (Å²) in [5.74, 6) is 2.14. The Morgan fingerprint density at radius 1 is 1.20 bits per heavy atom. The number of anilines is 2. The van der Waals surface area contributed by atoms with Crippen LogP contribution in [0.5, 0.6) is 5.75 Å². The van der Waals surface area contributed by atoms with E-state index >= 15 is 0 Å². The van der Waals surface area contributed by atoms with E-state index in [-0.39, 0.29) is 5.91 Å². The molecular formula is C19H26N4O2. The minimum atomic E-state index is -0.290. The number of benzene rings is 1. The molecule has 6 heteroatoms. The Kier molecular flexibility index (Phi) is 6.33. The number of ether oxygens (including phenoxy) is 1. The number of nitrogens with one attached hydrogen (secondary N) is 2. The Morgan fingerprint density at radius 2 is 1.96 bits per heavy atom. The number of amides is 1. The van der Waals surface area contributed by atoms with Gasteiger partial charge < -0.3 is 15.4 Å². The van der Waals surface area contributed by atoms with Gasteiger partial charge in [0.2, 0.25) is 0 Å². The third kappa shape index (κ3) is 5.45. The Labute approximate surface area is 149 Å². The fourth-order valence-corrected chi connectivity index (χ4v) is 2.37. The third-order valence-electron chi connectivity index (χ3n) is 3.70. The highest BCUT2D eigenvalue weighted by Gasteiger charge is 2.13. The average Bonchev–Trinajstić information content (AvgIpc) is 2.54. The summed E-state index contributed by atoms with van der Waals surface area (Å²) < 4.78 is 5.30. The van der Waals surface area contributed by atoms with Gasteiger partial charge in [-0.15, -0.1) is 0 Å².